The maximum Gasteiger partial charge on any atom is 0.303 e. The maximum atomic E-state index is 12.5. The molecule has 0 aromatic carbocycles. The Labute approximate surface area is 223 Å². The van der Waals surface area contributed by atoms with Gasteiger partial charge in [-0.25, -0.2) is 0 Å². The molecule has 8 atom stereocenters. The van der Waals surface area contributed by atoms with E-state index in [1.165, 1.54) is 27.7 Å². The third-order valence-corrected chi connectivity index (χ3v) is 8.81. The van der Waals surface area contributed by atoms with Crippen LogP contribution in [0.15, 0.2) is 23.3 Å². The Morgan fingerprint density at radius 3 is 1.92 bits per heavy atom. The highest BCUT2D eigenvalue weighted by molar-refractivity contribution is 5.69. The van der Waals surface area contributed by atoms with Gasteiger partial charge in [-0.1, -0.05) is 13.5 Å². The van der Waals surface area contributed by atoms with Crippen molar-refractivity contribution in [1.82, 2.24) is 0 Å². The van der Waals surface area contributed by atoms with Crippen molar-refractivity contribution in [3.05, 3.63) is 23.3 Å². The Balaban J connectivity index is 2.42. The number of aliphatic hydroxyl groups excluding tert-OH is 1. The Bertz CT molecular complexity index is 1070. The summed E-state index contributed by atoms with van der Waals surface area (Å²) in [6.45, 7) is 15.9. The van der Waals surface area contributed by atoms with E-state index < -0.39 is 76.7 Å². The summed E-state index contributed by atoms with van der Waals surface area (Å²) in [7, 11) is 0. The van der Waals surface area contributed by atoms with Crippen LogP contribution in [-0.2, 0) is 38.1 Å². The topological polar surface area (TPSA) is 146 Å². The van der Waals surface area contributed by atoms with E-state index in [1.54, 1.807) is 27.7 Å². The molecule has 3 aliphatic rings. The van der Waals surface area contributed by atoms with Gasteiger partial charge in [-0.2, -0.15) is 0 Å². The van der Waals surface area contributed by atoms with Gasteiger partial charge in [0, 0.05) is 39.5 Å². The van der Waals surface area contributed by atoms with Gasteiger partial charge in [0.25, 0.3) is 0 Å². The number of fused-ring (bicyclic) bond motifs is 2. The molecule has 0 bridgehead atoms. The van der Waals surface area contributed by atoms with Gasteiger partial charge in [-0.3, -0.25) is 19.2 Å². The minimum Gasteiger partial charge on any atom is -0.462 e. The van der Waals surface area contributed by atoms with Crippen molar-refractivity contribution in [2.24, 2.45) is 16.7 Å². The van der Waals surface area contributed by atoms with Crippen LogP contribution in [0.25, 0.3) is 0 Å². The first-order valence-electron chi connectivity index (χ1n) is 12.9. The zero-order valence-electron chi connectivity index (χ0n) is 23.5. The summed E-state index contributed by atoms with van der Waals surface area (Å²) in [4.78, 5) is 49.3. The molecule has 0 spiro atoms. The molecule has 0 saturated heterocycles. The van der Waals surface area contributed by atoms with E-state index in [0.717, 1.165) is 0 Å². The quantitative estimate of drug-likeness (QED) is 0.305. The molecule has 3 rings (SSSR count). The molecular formula is C28H40O10. The molecule has 0 aromatic heterocycles. The summed E-state index contributed by atoms with van der Waals surface area (Å²) in [5.74, 6) is -3.11. The number of rotatable bonds is 5. The van der Waals surface area contributed by atoms with Gasteiger partial charge in [-0.15, -0.1) is 0 Å². The summed E-state index contributed by atoms with van der Waals surface area (Å²) < 4.78 is 23.2. The van der Waals surface area contributed by atoms with Crippen LogP contribution in [0.1, 0.15) is 74.7 Å². The minimum atomic E-state index is -1.45. The van der Waals surface area contributed by atoms with E-state index in [2.05, 4.69) is 6.58 Å². The lowest BCUT2D eigenvalue weighted by Crippen LogP contribution is -2.60. The average molecular weight is 537 g/mol. The van der Waals surface area contributed by atoms with Gasteiger partial charge in [0.1, 0.15) is 12.2 Å². The normalized spacial score (nSPS) is 36.9. The number of carbonyl (C=O) groups excluding carboxylic acids is 4. The molecular weight excluding hydrogens is 496 g/mol. The number of hydrogen-bond acceptors (Lipinski definition) is 10. The second kappa shape index (κ2) is 10.1. The van der Waals surface area contributed by atoms with Crippen molar-refractivity contribution in [2.45, 2.75) is 111 Å². The summed E-state index contributed by atoms with van der Waals surface area (Å²) >= 11 is 0. The lowest BCUT2D eigenvalue weighted by atomic mass is 9.56. The fourth-order valence-corrected chi connectivity index (χ4v) is 7.04. The fraction of sp³-hybridized carbons (Fsp3) is 0.714. The molecule has 0 unspecified atom stereocenters. The molecule has 2 N–H and O–H groups in total. The summed E-state index contributed by atoms with van der Waals surface area (Å²) in [5, 5.41) is 22.7. The standard InChI is InChI=1S/C28H40O10/c1-13-19-11-28(26(7,8)34)12-20(33)14(2)23(28)24(37-17(5)31)25(38-18(6)32)27(19,9)22(36-16(4)30)10-21(13)35-15(3)29/h19-22,24-25,33-34H,1,10-12H2,2-9H3/t19-,20+,21+,22+,24-,25+,27+,28+/m1/s1. The highest BCUT2D eigenvalue weighted by Crippen LogP contribution is 2.65. The van der Waals surface area contributed by atoms with E-state index in [-0.39, 0.29) is 19.3 Å². The Morgan fingerprint density at radius 1 is 0.921 bits per heavy atom. The van der Waals surface area contributed by atoms with Crippen LogP contribution in [0.3, 0.4) is 0 Å². The van der Waals surface area contributed by atoms with Crippen LogP contribution in [0.2, 0.25) is 0 Å². The number of carbonyl (C=O) groups is 4. The van der Waals surface area contributed by atoms with Crippen molar-refractivity contribution in [1.29, 1.82) is 0 Å². The first-order chi connectivity index (χ1) is 17.4. The van der Waals surface area contributed by atoms with Gasteiger partial charge in [-0.05, 0) is 56.3 Å². The van der Waals surface area contributed by atoms with Crippen LogP contribution in [-0.4, -0.2) is 70.2 Å². The van der Waals surface area contributed by atoms with Crippen LogP contribution in [0, 0.1) is 16.7 Å². The van der Waals surface area contributed by atoms with Crippen molar-refractivity contribution in [2.75, 3.05) is 0 Å². The highest BCUT2D eigenvalue weighted by atomic mass is 16.6. The molecule has 0 radical (unpaired) electrons. The minimum absolute atomic E-state index is 0.0473. The van der Waals surface area contributed by atoms with E-state index in [1.807, 2.05) is 0 Å². The predicted molar refractivity (Wildman–Crippen MR) is 134 cm³/mol. The van der Waals surface area contributed by atoms with Gasteiger partial charge in [0.15, 0.2) is 12.2 Å². The number of hydrogen-bond donors (Lipinski definition) is 2. The molecule has 212 valence electrons. The van der Waals surface area contributed by atoms with Crippen molar-refractivity contribution in [3.8, 4) is 0 Å². The van der Waals surface area contributed by atoms with Gasteiger partial charge in [0.2, 0.25) is 0 Å². The highest BCUT2D eigenvalue weighted by Gasteiger charge is 2.69. The fourth-order valence-electron chi connectivity index (χ4n) is 7.04. The molecule has 0 heterocycles. The number of ether oxygens (including phenoxy) is 4. The molecule has 0 aliphatic heterocycles. The molecule has 0 aromatic rings. The van der Waals surface area contributed by atoms with Gasteiger partial charge in [0.05, 0.1) is 17.1 Å². The van der Waals surface area contributed by atoms with Crippen molar-refractivity contribution < 1.29 is 48.3 Å². The Morgan fingerprint density at radius 2 is 1.45 bits per heavy atom. The molecule has 2 saturated carbocycles. The SMILES string of the molecule is C=C1[C@@H](OC(C)=O)C[C@H](OC(C)=O)[C@]2(C)[C@@H]1C[C@]1(C(C)(C)O)C[C@H](O)C(C)=C1[C@@H](OC(C)=O)[C@@H]2OC(C)=O. The predicted octanol–water partition coefficient (Wildman–Crippen LogP) is 2.54. The van der Waals surface area contributed by atoms with E-state index in [0.29, 0.717) is 16.7 Å². The van der Waals surface area contributed by atoms with Gasteiger partial charge >= 0.3 is 23.9 Å². The lowest BCUT2D eigenvalue weighted by Gasteiger charge is -2.53. The summed E-state index contributed by atoms with van der Waals surface area (Å²) in [6, 6.07) is 0. The average Bonchev–Trinajstić information content (AvgIpc) is 2.96. The van der Waals surface area contributed by atoms with Crippen LogP contribution < -0.4 is 0 Å². The Hall–Kier alpha value is -2.72. The van der Waals surface area contributed by atoms with Crippen LogP contribution >= 0.6 is 0 Å². The van der Waals surface area contributed by atoms with Crippen molar-refractivity contribution >= 4 is 23.9 Å². The summed E-state index contributed by atoms with van der Waals surface area (Å²) in [5.41, 5.74) is -2.35. The molecule has 38 heavy (non-hydrogen) atoms. The molecule has 10 heteroatoms. The summed E-state index contributed by atoms with van der Waals surface area (Å²) in [6.07, 6.45) is -4.78. The first-order valence-corrected chi connectivity index (χ1v) is 12.9. The second-order valence-electron chi connectivity index (χ2n) is 11.6. The number of esters is 4. The second-order valence-corrected chi connectivity index (χ2v) is 11.6. The zero-order valence-corrected chi connectivity index (χ0v) is 23.5. The molecule has 10 nitrogen and oxygen atoms in total. The van der Waals surface area contributed by atoms with E-state index >= 15 is 0 Å². The van der Waals surface area contributed by atoms with E-state index in [4.69, 9.17) is 18.9 Å². The molecule has 3 aliphatic carbocycles. The third-order valence-electron chi connectivity index (χ3n) is 8.81. The molecule has 0 amide bonds. The Kier molecular flexibility index (Phi) is 7.94. The van der Waals surface area contributed by atoms with E-state index in [9.17, 15) is 29.4 Å². The monoisotopic (exact) mass is 536 g/mol. The lowest BCUT2D eigenvalue weighted by molar-refractivity contribution is -0.203. The van der Waals surface area contributed by atoms with Gasteiger partial charge < -0.3 is 29.2 Å². The van der Waals surface area contributed by atoms with Crippen LogP contribution in [0.5, 0.6) is 0 Å². The zero-order chi connectivity index (χ0) is 29.0. The smallest absolute Gasteiger partial charge is 0.303 e. The maximum absolute atomic E-state index is 12.5. The third kappa shape index (κ3) is 4.88. The van der Waals surface area contributed by atoms with Crippen molar-refractivity contribution in [3.63, 3.8) is 0 Å². The molecule has 2 fully saturated rings. The first kappa shape index (κ1) is 29.8. The largest absolute Gasteiger partial charge is 0.462 e. The number of aliphatic hydroxyl groups is 2. The van der Waals surface area contributed by atoms with Crippen LogP contribution in [0.4, 0.5) is 0 Å².